The Balaban J connectivity index is 2.88. The van der Waals surface area contributed by atoms with E-state index < -0.39 is 29.5 Å². The zero-order valence-electron chi connectivity index (χ0n) is 14.4. The predicted molar refractivity (Wildman–Crippen MR) is 87.0 cm³/mol. The van der Waals surface area contributed by atoms with Crippen LogP contribution < -0.4 is 16.0 Å². The smallest absolute Gasteiger partial charge is 0.405 e. The maximum Gasteiger partial charge on any atom is 0.405 e. The number of carboxylic acid groups (broad SMARTS) is 1. The van der Waals surface area contributed by atoms with Crippen molar-refractivity contribution in [1.29, 1.82) is 0 Å². The van der Waals surface area contributed by atoms with Gasteiger partial charge in [0.15, 0.2) is 0 Å². The van der Waals surface area contributed by atoms with E-state index in [1.165, 1.54) is 0 Å². The second-order valence-electron chi connectivity index (χ2n) is 7.25. The first-order valence-electron chi connectivity index (χ1n) is 8.18. The number of hydrogen-bond donors (Lipinski definition) is 4. The van der Waals surface area contributed by atoms with Gasteiger partial charge in [0.2, 0.25) is 11.8 Å². The van der Waals surface area contributed by atoms with Gasteiger partial charge in [0.05, 0.1) is 0 Å². The molecule has 0 bridgehead atoms. The monoisotopic (exact) mass is 327 g/mol. The third-order valence-corrected chi connectivity index (χ3v) is 4.34. The minimum Gasteiger partial charge on any atom is -0.465 e. The Morgan fingerprint density at radius 2 is 1.57 bits per heavy atom. The third-order valence-electron chi connectivity index (χ3n) is 4.34. The van der Waals surface area contributed by atoms with Gasteiger partial charge in [-0.25, -0.2) is 4.79 Å². The van der Waals surface area contributed by atoms with Gasteiger partial charge in [-0.15, -0.1) is 0 Å². The molecule has 132 valence electrons. The van der Waals surface area contributed by atoms with E-state index in [-0.39, 0.29) is 11.8 Å². The number of hydrogen-bond acceptors (Lipinski definition) is 3. The molecule has 0 aromatic heterocycles. The van der Waals surface area contributed by atoms with E-state index in [4.69, 9.17) is 5.11 Å². The number of carbonyl (C=O) groups excluding carboxylic acids is 2. The fraction of sp³-hybridized carbons (Fsp3) is 0.812. The first-order chi connectivity index (χ1) is 10.7. The SMILES string of the molecule is CNC(=O)C(NC(=O)C(NC(=O)O)C(C)(C)C)C1CCCCC1. The molecule has 1 aliphatic carbocycles. The molecule has 4 N–H and O–H groups in total. The van der Waals surface area contributed by atoms with Crippen LogP contribution in [0.25, 0.3) is 0 Å². The highest BCUT2D eigenvalue weighted by atomic mass is 16.4. The second kappa shape index (κ2) is 8.17. The van der Waals surface area contributed by atoms with Crippen molar-refractivity contribution in [3.8, 4) is 0 Å². The van der Waals surface area contributed by atoms with Crippen LogP contribution in [0.2, 0.25) is 0 Å². The van der Waals surface area contributed by atoms with Gasteiger partial charge in [0, 0.05) is 7.05 Å². The first-order valence-corrected chi connectivity index (χ1v) is 8.18. The van der Waals surface area contributed by atoms with Crippen LogP contribution in [0.15, 0.2) is 0 Å². The predicted octanol–water partition coefficient (Wildman–Crippen LogP) is 1.48. The van der Waals surface area contributed by atoms with Gasteiger partial charge in [0.25, 0.3) is 0 Å². The summed E-state index contributed by atoms with van der Waals surface area (Å²) in [4.78, 5) is 35.7. The maximum absolute atomic E-state index is 12.6. The largest absolute Gasteiger partial charge is 0.465 e. The summed E-state index contributed by atoms with van der Waals surface area (Å²) in [5.74, 6) is -0.592. The second-order valence-corrected chi connectivity index (χ2v) is 7.25. The molecule has 23 heavy (non-hydrogen) atoms. The molecular weight excluding hydrogens is 298 g/mol. The summed E-state index contributed by atoms with van der Waals surface area (Å²) in [5.41, 5.74) is -0.595. The van der Waals surface area contributed by atoms with E-state index in [1.807, 2.05) is 0 Å². The molecule has 3 amide bonds. The Bertz CT molecular complexity index is 439. The average Bonchev–Trinajstić information content (AvgIpc) is 2.49. The summed E-state index contributed by atoms with van der Waals surface area (Å²) in [6.45, 7) is 5.34. The molecule has 1 aliphatic rings. The Hall–Kier alpha value is -1.79. The van der Waals surface area contributed by atoms with Crippen LogP contribution in [0.1, 0.15) is 52.9 Å². The van der Waals surface area contributed by atoms with Crippen molar-refractivity contribution in [3.05, 3.63) is 0 Å². The van der Waals surface area contributed by atoms with Crippen LogP contribution in [0.3, 0.4) is 0 Å². The first kappa shape index (κ1) is 19.3. The molecule has 0 saturated heterocycles. The maximum atomic E-state index is 12.6. The summed E-state index contributed by atoms with van der Waals surface area (Å²) in [5, 5.41) is 16.6. The van der Waals surface area contributed by atoms with Crippen molar-refractivity contribution in [3.63, 3.8) is 0 Å². The van der Waals surface area contributed by atoms with Gasteiger partial charge in [0.1, 0.15) is 12.1 Å². The minimum absolute atomic E-state index is 0.0955. The number of rotatable bonds is 5. The number of likely N-dealkylation sites (N-methyl/N-ethyl adjacent to an activating group) is 1. The molecule has 1 fully saturated rings. The Morgan fingerprint density at radius 1 is 1.00 bits per heavy atom. The molecule has 2 atom stereocenters. The molecule has 1 rings (SSSR count). The van der Waals surface area contributed by atoms with Gasteiger partial charge in [-0.2, -0.15) is 0 Å². The standard InChI is InChI=1S/C16H29N3O4/c1-16(2,3)12(19-15(22)23)14(21)18-11(13(20)17-4)10-8-6-5-7-9-10/h10-12,19H,5-9H2,1-4H3,(H,17,20)(H,18,21)(H,22,23). The van der Waals surface area contributed by atoms with Crippen LogP contribution in [0, 0.1) is 11.3 Å². The van der Waals surface area contributed by atoms with Crippen molar-refractivity contribution < 1.29 is 19.5 Å². The molecule has 7 nitrogen and oxygen atoms in total. The lowest BCUT2D eigenvalue weighted by Gasteiger charge is -2.34. The summed E-state index contributed by atoms with van der Waals surface area (Å²) >= 11 is 0. The minimum atomic E-state index is -1.26. The molecule has 0 aromatic rings. The lowest BCUT2D eigenvalue weighted by molar-refractivity contribution is -0.132. The number of nitrogens with one attached hydrogen (secondary N) is 3. The molecule has 0 aromatic carbocycles. The fourth-order valence-corrected chi connectivity index (χ4v) is 3.06. The van der Waals surface area contributed by atoms with E-state index in [2.05, 4.69) is 16.0 Å². The molecule has 0 spiro atoms. The molecule has 2 unspecified atom stereocenters. The average molecular weight is 327 g/mol. The zero-order valence-corrected chi connectivity index (χ0v) is 14.4. The Kier molecular flexibility index (Phi) is 6.84. The molecule has 0 heterocycles. The van der Waals surface area contributed by atoms with Crippen LogP contribution >= 0.6 is 0 Å². The lowest BCUT2D eigenvalue weighted by atomic mass is 9.82. The van der Waals surface area contributed by atoms with Crippen LogP contribution in [-0.4, -0.2) is 42.1 Å². The summed E-state index contributed by atoms with van der Waals surface area (Å²) in [6, 6.07) is -1.54. The highest BCUT2D eigenvalue weighted by molar-refractivity contribution is 5.91. The Labute approximate surface area is 137 Å². The lowest BCUT2D eigenvalue weighted by Crippen LogP contribution is -2.59. The van der Waals surface area contributed by atoms with Gasteiger partial charge in [-0.3, -0.25) is 9.59 Å². The molecule has 0 aliphatic heterocycles. The highest BCUT2D eigenvalue weighted by Crippen LogP contribution is 2.27. The van der Waals surface area contributed by atoms with Gasteiger partial charge in [-0.1, -0.05) is 40.0 Å². The molecule has 0 radical (unpaired) electrons. The Morgan fingerprint density at radius 3 is 2.00 bits per heavy atom. The van der Waals surface area contributed by atoms with E-state index in [1.54, 1.807) is 27.8 Å². The highest BCUT2D eigenvalue weighted by Gasteiger charge is 2.37. The van der Waals surface area contributed by atoms with Crippen molar-refractivity contribution in [2.24, 2.45) is 11.3 Å². The third kappa shape index (κ3) is 5.73. The number of carbonyl (C=O) groups is 3. The molecular formula is C16H29N3O4. The van der Waals surface area contributed by atoms with Crippen LogP contribution in [0.4, 0.5) is 4.79 Å². The van der Waals surface area contributed by atoms with E-state index >= 15 is 0 Å². The van der Waals surface area contributed by atoms with E-state index in [9.17, 15) is 14.4 Å². The normalized spacial score (nSPS) is 18.6. The summed E-state index contributed by atoms with van der Waals surface area (Å²) in [7, 11) is 1.54. The van der Waals surface area contributed by atoms with Crippen LogP contribution in [-0.2, 0) is 9.59 Å². The number of amides is 3. The van der Waals surface area contributed by atoms with E-state index in [0.717, 1.165) is 32.1 Å². The van der Waals surface area contributed by atoms with Crippen molar-refractivity contribution >= 4 is 17.9 Å². The molecule has 1 saturated carbocycles. The summed E-state index contributed by atoms with van der Waals surface area (Å²) < 4.78 is 0. The van der Waals surface area contributed by atoms with Gasteiger partial charge in [-0.05, 0) is 24.2 Å². The van der Waals surface area contributed by atoms with Crippen molar-refractivity contribution in [1.82, 2.24) is 16.0 Å². The zero-order chi connectivity index (χ0) is 17.6. The molecule has 7 heteroatoms. The van der Waals surface area contributed by atoms with Crippen molar-refractivity contribution in [2.75, 3.05) is 7.05 Å². The summed E-state index contributed by atoms with van der Waals surface area (Å²) in [6.07, 6.45) is 3.77. The van der Waals surface area contributed by atoms with Gasteiger partial charge >= 0.3 is 6.09 Å². The van der Waals surface area contributed by atoms with Crippen molar-refractivity contribution in [2.45, 2.75) is 65.0 Å². The van der Waals surface area contributed by atoms with Crippen LogP contribution in [0.5, 0.6) is 0 Å². The van der Waals surface area contributed by atoms with Gasteiger partial charge < -0.3 is 21.1 Å². The quantitative estimate of drug-likeness (QED) is 0.613. The van der Waals surface area contributed by atoms with E-state index in [0.29, 0.717) is 0 Å². The topological polar surface area (TPSA) is 108 Å². The fourth-order valence-electron chi connectivity index (χ4n) is 3.06.